The predicted molar refractivity (Wildman–Crippen MR) is 69.3 cm³/mol. The number of aliphatic hydroxyl groups excluding tert-OH is 1. The van der Waals surface area contributed by atoms with Gasteiger partial charge in [-0.15, -0.1) is 0 Å². The molecule has 5 heteroatoms. The van der Waals surface area contributed by atoms with E-state index in [1.165, 1.54) is 6.92 Å². The Morgan fingerprint density at radius 2 is 2.32 bits per heavy atom. The van der Waals surface area contributed by atoms with Crippen LogP contribution in [-0.4, -0.2) is 35.7 Å². The molecular weight excluding hydrogens is 246 g/mol. The fraction of sp³-hybridized carbons (Fsp3) is 0.643. The molecule has 0 aliphatic carbocycles. The van der Waals surface area contributed by atoms with Crippen LogP contribution >= 0.6 is 0 Å². The number of furan rings is 1. The molecule has 1 aromatic heterocycles. The van der Waals surface area contributed by atoms with Gasteiger partial charge >= 0.3 is 5.97 Å². The summed E-state index contributed by atoms with van der Waals surface area (Å²) in [5.74, 6) is 1.62. The second-order valence-electron chi connectivity index (χ2n) is 5.07. The number of nitrogens with zero attached hydrogens (tertiary/aromatic N) is 1. The van der Waals surface area contributed by atoms with E-state index in [0.717, 1.165) is 38.2 Å². The fourth-order valence-corrected chi connectivity index (χ4v) is 2.42. The normalized spacial score (nSPS) is 20.4. The van der Waals surface area contributed by atoms with Gasteiger partial charge in [0.15, 0.2) is 0 Å². The molecule has 0 bridgehead atoms. The molecule has 0 amide bonds. The molecule has 1 atom stereocenters. The molecule has 0 aromatic carbocycles. The Balaban J connectivity index is 1.83. The van der Waals surface area contributed by atoms with Crippen molar-refractivity contribution in [3.63, 3.8) is 0 Å². The molecule has 1 N–H and O–H groups in total. The third-order valence-corrected chi connectivity index (χ3v) is 3.38. The van der Waals surface area contributed by atoms with Crippen LogP contribution in [0.4, 0.5) is 0 Å². The number of hydrogen-bond acceptors (Lipinski definition) is 5. The minimum atomic E-state index is -0.306. The molecule has 19 heavy (non-hydrogen) atoms. The number of piperidine rings is 1. The largest absolute Gasteiger partial charge is 0.461 e. The van der Waals surface area contributed by atoms with Gasteiger partial charge in [0, 0.05) is 20.1 Å². The van der Waals surface area contributed by atoms with Crippen molar-refractivity contribution in [2.45, 2.75) is 32.9 Å². The Hall–Kier alpha value is -1.33. The van der Waals surface area contributed by atoms with Gasteiger partial charge in [-0.3, -0.25) is 9.69 Å². The maximum absolute atomic E-state index is 10.7. The highest BCUT2D eigenvalue weighted by Gasteiger charge is 2.20. The van der Waals surface area contributed by atoms with Gasteiger partial charge in [-0.25, -0.2) is 0 Å². The SMILES string of the molecule is CC(=O)OCc1ccc(CN2CCCC(CO)C2)o1. The summed E-state index contributed by atoms with van der Waals surface area (Å²) in [7, 11) is 0. The molecule has 1 saturated heterocycles. The molecule has 1 aromatic rings. The molecule has 5 nitrogen and oxygen atoms in total. The standard InChI is InChI=1S/C14H21NO4/c1-11(17)18-10-14-5-4-13(19-14)8-15-6-2-3-12(7-15)9-16/h4-5,12,16H,2-3,6-10H2,1H3. The van der Waals surface area contributed by atoms with E-state index >= 15 is 0 Å². The quantitative estimate of drug-likeness (QED) is 0.820. The zero-order valence-electron chi connectivity index (χ0n) is 11.3. The first-order chi connectivity index (χ1) is 9.17. The number of hydrogen-bond donors (Lipinski definition) is 1. The summed E-state index contributed by atoms with van der Waals surface area (Å²) in [4.78, 5) is 13.0. The van der Waals surface area contributed by atoms with Crippen LogP contribution in [0.5, 0.6) is 0 Å². The summed E-state index contributed by atoms with van der Waals surface area (Å²) in [5.41, 5.74) is 0. The number of likely N-dealkylation sites (tertiary alicyclic amines) is 1. The average molecular weight is 267 g/mol. The zero-order valence-corrected chi connectivity index (χ0v) is 11.3. The highest BCUT2D eigenvalue weighted by atomic mass is 16.5. The Labute approximate surface area is 113 Å². The lowest BCUT2D eigenvalue weighted by atomic mass is 9.99. The molecule has 0 saturated carbocycles. The zero-order chi connectivity index (χ0) is 13.7. The van der Waals surface area contributed by atoms with Gasteiger partial charge in [0.25, 0.3) is 0 Å². The maximum atomic E-state index is 10.7. The van der Waals surface area contributed by atoms with E-state index in [0.29, 0.717) is 11.7 Å². The third kappa shape index (κ3) is 4.36. The number of aliphatic hydroxyl groups is 1. The van der Waals surface area contributed by atoms with Gasteiger partial charge in [0.05, 0.1) is 6.54 Å². The highest BCUT2D eigenvalue weighted by molar-refractivity contribution is 5.65. The lowest BCUT2D eigenvalue weighted by Gasteiger charge is -2.30. The second-order valence-corrected chi connectivity index (χ2v) is 5.07. The van der Waals surface area contributed by atoms with Crippen molar-refractivity contribution >= 4 is 5.97 Å². The van der Waals surface area contributed by atoms with Crippen LogP contribution in [-0.2, 0) is 22.7 Å². The van der Waals surface area contributed by atoms with E-state index in [9.17, 15) is 9.90 Å². The molecule has 1 aliphatic rings. The molecule has 0 spiro atoms. The summed E-state index contributed by atoms with van der Waals surface area (Å²) in [5, 5.41) is 9.20. The van der Waals surface area contributed by atoms with E-state index in [2.05, 4.69) is 4.90 Å². The van der Waals surface area contributed by atoms with E-state index in [4.69, 9.17) is 9.15 Å². The monoisotopic (exact) mass is 267 g/mol. The number of rotatable bonds is 5. The van der Waals surface area contributed by atoms with Crippen LogP contribution in [0.1, 0.15) is 31.3 Å². The van der Waals surface area contributed by atoms with Crippen molar-refractivity contribution in [1.82, 2.24) is 4.90 Å². The van der Waals surface area contributed by atoms with Gasteiger partial charge < -0.3 is 14.3 Å². The summed E-state index contributed by atoms with van der Waals surface area (Å²) < 4.78 is 10.5. The Bertz CT molecular complexity index is 415. The Morgan fingerprint density at radius 3 is 3.05 bits per heavy atom. The van der Waals surface area contributed by atoms with Crippen LogP contribution in [0.25, 0.3) is 0 Å². The topological polar surface area (TPSA) is 62.9 Å². The Kier molecular flexibility index (Phi) is 4.99. The molecule has 0 radical (unpaired) electrons. The first-order valence-electron chi connectivity index (χ1n) is 6.71. The number of ether oxygens (including phenoxy) is 1. The van der Waals surface area contributed by atoms with Crippen molar-refractivity contribution in [3.8, 4) is 0 Å². The minimum absolute atomic E-state index is 0.189. The van der Waals surface area contributed by atoms with E-state index in [1.807, 2.05) is 12.1 Å². The molecular formula is C14H21NO4. The van der Waals surface area contributed by atoms with E-state index < -0.39 is 0 Å². The fourth-order valence-electron chi connectivity index (χ4n) is 2.42. The second kappa shape index (κ2) is 6.73. The van der Waals surface area contributed by atoms with Crippen molar-refractivity contribution in [3.05, 3.63) is 23.7 Å². The molecule has 1 aliphatic heterocycles. The molecule has 1 fully saturated rings. The summed E-state index contributed by atoms with van der Waals surface area (Å²) in [6.45, 7) is 4.52. The van der Waals surface area contributed by atoms with Gasteiger partial charge in [-0.2, -0.15) is 0 Å². The van der Waals surface area contributed by atoms with Crippen molar-refractivity contribution < 1.29 is 19.1 Å². The number of carbonyl (C=O) groups excluding carboxylic acids is 1. The first-order valence-corrected chi connectivity index (χ1v) is 6.71. The average Bonchev–Trinajstić information content (AvgIpc) is 2.84. The van der Waals surface area contributed by atoms with Gasteiger partial charge in [-0.05, 0) is 37.4 Å². The van der Waals surface area contributed by atoms with Gasteiger partial charge in [-0.1, -0.05) is 0 Å². The van der Waals surface area contributed by atoms with E-state index in [-0.39, 0.29) is 19.2 Å². The third-order valence-electron chi connectivity index (χ3n) is 3.38. The van der Waals surface area contributed by atoms with Crippen LogP contribution in [0, 0.1) is 5.92 Å². The van der Waals surface area contributed by atoms with Gasteiger partial charge in [0.2, 0.25) is 0 Å². The molecule has 1 unspecified atom stereocenters. The van der Waals surface area contributed by atoms with Crippen molar-refractivity contribution in [2.24, 2.45) is 5.92 Å². The van der Waals surface area contributed by atoms with Crippen LogP contribution in [0.3, 0.4) is 0 Å². The highest BCUT2D eigenvalue weighted by Crippen LogP contribution is 2.19. The minimum Gasteiger partial charge on any atom is -0.461 e. The summed E-state index contributed by atoms with van der Waals surface area (Å²) in [6, 6.07) is 3.76. The molecule has 2 rings (SSSR count). The summed E-state index contributed by atoms with van der Waals surface area (Å²) in [6.07, 6.45) is 2.22. The van der Waals surface area contributed by atoms with Crippen LogP contribution in [0.2, 0.25) is 0 Å². The maximum Gasteiger partial charge on any atom is 0.303 e. The predicted octanol–water partition coefficient (Wildman–Crippen LogP) is 1.55. The van der Waals surface area contributed by atoms with Crippen molar-refractivity contribution in [2.75, 3.05) is 19.7 Å². The number of carbonyl (C=O) groups is 1. The van der Waals surface area contributed by atoms with Crippen LogP contribution < -0.4 is 0 Å². The van der Waals surface area contributed by atoms with E-state index in [1.54, 1.807) is 0 Å². The first kappa shape index (κ1) is 14.1. The smallest absolute Gasteiger partial charge is 0.303 e. The van der Waals surface area contributed by atoms with Crippen LogP contribution in [0.15, 0.2) is 16.5 Å². The van der Waals surface area contributed by atoms with Gasteiger partial charge in [0.1, 0.15) is 18.1 Å². The molecule has 106 valence electrons. The number of esters is 1. The van der Waals surface area contributed by atoms with Crippen molar-refractivity contribution in [1.29, 1.82) is 0 Å². The lowest BCUT2D eigenvalue weighted by Crippen LogP contribution is -2.36. The summed E-state index contributed by atoms with van der Waals surface area (Å²) >= 11 is 0. The lowest BCUT2D eigenvalue weighted by molar-refractivity contribution is -0.142. The molecule has 2 heterocycles. The Morgan fingerprint density at radius 1 is 1.53 bits per heavy atom.